The van der Waals surface area contributed by atoms with Crippen molar-refractivity contribution < 1.29 is 5.11 Å². The molecular formula is C12H27NO. The summed E-state index contributed by atoms with van der Waals surface area (Å²) in [6.07, 6.45) is 4.72. The molecule has 0 aliphatic heterocycles. The van der Waals surface area contributed by atoms with Gasteiger partial charge in [-0.1, -0.05) is 26.7 Å². The number of nitrogens with one attached hydrogen (secondary N) is 1. The Hall–Kier alpha value is -0.0800. The van der Waals surface area contributed by atoms with Crippen LogP contribution < -0.4 is 5.32 Å². The van der Waals surface area contributed by atoms with Crippen LogP contribution in [0.5, 0.6) is 0 Å². The maximum absolute atomic E-state index is 9.45. The first-order chi connectivity index (χ1) is 6.42. The molecule has 2 nitrogen and oxygen atoms in total. The fraction of sp³-hybridized carbons (Fsp3) is 1.00. The summed E-state index contributed by atoms with van der Waals surface area (Å²) >= 11 is 0. The lowest BCUT2D eigenvalue weighted by molar-refractivity contribution is 0.0712. The highest BCUT2D eigenvalue weighted by atomic mass is 16.3. The Balaban J connectivity index is 3.07. The van der Waals surface area contributed by atoms with Crippen LogP contribution in [0.3, 0.4) is 0 Å². The van der Waals surface area contributed by atoms with E-state index in [0.717, 1.165) is 25.4 Å². The summed E-state index contributed by atoms with van der Waals surface area (Å²) in [5, 5.41) is 12.8. The molecule has 14 heavy (non-hydrogen) atoms. The third-order valence-corrected chi connectivity index (χ3v) is 2.30. The minimum atomic E-state index is -0.523. The summed E-state index contributed by atoms with van der Waals surface area (Å²) in [5.74, 6) is 0.825. The zero-order valence-electron chi connectivity index (χ0n) is 10.3. The first-order valence-electron chi connectivity index (χ1n) is 5.85. The molecule has 0 aliphatic carbocycles. The summed E-state index contributed by atoms with van der Waals surface area (Å²) in [5.41, 5.74) is -0.523. The van der Waals surface area contributed by atoms with Gasteiger partial charge in [-0.15, -0.1) is 0 Å². The van der Waals surface area contributed by atoms with Crippen LogP contribution in [0.25, 0.3) is 0 Å². The predicted molar refractivity (Wildman–Crippen MR) is 62.5 cm³/mol. The van der Waals surface area contributed by atoms with Gasteiger partial charge in [-0.2, -0.15) is 0 Å². The molecule has 0 saturated carbocycles. The van der Waals surface area contributed by atoms with E-state index < -0.39 is 5.60 Å². The number of hydrogen-bond donors (Lipinski definition) is 2. The van der Waals surface area contributed by atoms with Crippen LogP contribution in [0.4, 0.5) is 0 Å². The maximum atomic E-state index is 9.45. The first kappa shape index (κ1) is 13.9. The largest absolute Gasteiger partial charge is 0.390 e. The van der Waals surface area contributed by atoms with Crippen LogP contribution in [-0.4, -0.2) is 23.8 Å². The fourth-order valence-electron chi connectivity index (χ4n) is 1.32. The van der Waals surface area contributed by atoms with Crippen molar-refractivity contribution in [2.24, 2.45) is 5.92 Å². The normalized spacial score (nSPS) is 12.4. The highest BCUT2D eigenvalue weighted by Gasteiger charge is 2.10. The Morgan fingerprint density at radius 1 is 1.14 bits per heavy atom. The highest BCUT2D eigenvalue weighted by molar-refractivity contribution is 4.66. The summed E-state index contributed by atoms with van der Waals surface area (Å²) in [6.45, 7) is 10.2. The number of hydrogen-bond acceptors (Lipinski definition) is 2. The molecule has 0 aromatic carbocycles. The molecule has 0 rings (SSSR count). The first-order valence-corrected chi connectivity index (χ1v) is 5.85. The van der Waals surface area contributed by atoms with E-state index in [2.05, 4.69) is 19.2 Å². The lowest BCUT2D eigenvalue weighted by Gasteiger charge is -2.16. The molecule has 86 valence electrons. The molecule has 0 bridgehead atoms. The van der Waals surface area contributed by atoms with Crippen molar-refractivity contribution in [1.29, 1.82) is 0 Å². The van der Waals surface area contributed by atoms with Gasteiger partial charge in [0.05, 0.1) is 5.60 Å². The van der Waals surface area contributed by atoms with Crippen LogP contribution in [-0.2, 0) is 0 Å². The zero-order chi connectivity index (χ0) is 11.0. The molecule has 0 radical (unpaired) electrons. The minimum Gasteiger partial charge on any atom is -0.390 e. The van der Waals surface area contributed by atoms with Crippen LogP contribution in [0, 0.1) is 5.92 Å². The molecule has 2 N–H and O–H groups in total. The third kappa shape index (κ3) is 11.9. The van der Waals surface area contributed by atoms with E-state index in [4.69, 9.17) is 0 Å². The van der Waals surface area contributed by atoms with Crippen LogP contribution >= 0.6 is 0 Å². The second kappa shape index (κ2) is 7.24. The SMILES string of the molecule is CC(C)CCCCNCCC(C)(C)O. The number of unbranched alkanes of at least 4 members (excludes halogenated alkanes) is 1. The van der Waals surface area contributed by atoms with E-state index in [1.54, 1.807) is 0 Å². The van der Waals surface area contributed by atoms with Gasteiger partial charge in [-0.3, -0.25) is 0 Å². The Morgan fingerprint density at radius 3 is 2.29 bits per heavy atom. The highest BCUT2D eigenvalue weighted by Crippen LogP contribution is 2.06. The summed E-state index contributed by atoms with van der Waals surface area (Å²) in [6, 6.07) is 0. The monoisotopic (exact) mass is 201 g/mol. The van der Waals surface area contributed by atoms with Gasteiger partial charge >= 0.3 is 0 Å². The standard InChI is InChI=1S/C12H27NO/c1-11(2)7-5-6-9-13-10-8-12(3,4)14/h11,13-14H,5-10H2,1-4H3. The molecule has 0 heterocycles. The van der Waals surface area contributed by atoms with Crippen molar-refractivity contribution in [3.63, 3.8) is 0 Å². The second-order valence-corrected chi connectivity index (χ2v) is 5.20. The Kier molecular flexibility index (Phi) is 7.20. The van der Waals surface area contributed by atoms with E-state index in [1.165, 1.54) is 19.3 Å². The van der Waals surface area contributed by atoms with Gasteiger partial charge in [0, 0.05) is 0 Å². The van der Waals surface area contributed by atoms with Gasteiger partial charge in [0.15, 0.2) is 0 Å². The predicted octanol–water partition coefficient (Wildman–Crippen LogP) is 2.56. The maximum Gasteiger partial charge on any atom is 0.0603 e. The second-order valence-electron chi connectivity index (χ2n) is 5.20. The van der Waals surface area contributed by atoms with E-state index in [-0.39, 0.29) is 0 Å². The molecule has 0 atom stereocenters. The molecule has 0 saturated heterocycles. The summed E-state index contributed by atoms with van der Waals surface area (Å²) < 4.78 is 0. The van der Waals surface area contributed by atoms with Gasteiger partial charge < -0.3 is 10.4 Å². The average molecular weight is 201 g/mol. The smallest absolute Gasteiger partial charge is 0.0603 e. The van der Waals surface area contributed by atoms with Crippen LogP contribution in [0.15, 0.2) is 0 Å². The van der Waals surface area contributed by atoms with E-state index in [1.807, 2.05) is 13.8 Å². The minimum absolute atomic E-state index is 0.523. The fourth-order valence-corrected chi connectivity index (χ4v) is 1.32. The van der Waals surface area contributed by atoms with E-state index in [0.29, 0.717) is 0 Å². The number of rotatable bonds is 8. The summed E-state index contributed by atoms with van der Waals surface area (Å²) in [4.78, 5) is 0. The van der Waals surface area contributed by atoms with Crippen molar-refractivity contribution in [3.8, 4) is 0 Å². The lowest BCUT2D eigenvalue weighted by atomic mass is 10.1. The van der Waals surface area contributed by atoms with Crippen molar-refractivity contribution in [2.75, 3.05) is 13.1 Å². The summed E-state index contributed by atoms with van der Waals surface area (Å²) in [7, 11) is 0. The zero-order valence-corrected chi connectivity index (χ0v) is 10.3. The molecule has 0 aromatic rings. The molecule has 0 aliphatic rings. The van der Waals surface area contributed by atoms with Crippen molar-refractivity contribution in [1.82, 2.24) is 5.32 Å². The van der Waals surface area contributed by atoms with Crippen LogP contribution in [0.2, 0.25) is 0 Å². The van der Waals surface area contributed by atoms with Crippen LogP contribution in [0.1, 0.15) is 53.4 Å². The van der Waals surface area contributed by atoms with Gasteiger partial charge in [-0.05, 0) is 45.7 Å². The Bertz CT molecular complexity index is 127. The van der Waals surface area contributed by atoms with Crippen molar-refractivity contribution in [3.05, 3.63) is 0 Å². The topological polar surface area (TPSA) is 32.3 Å². The average Bonchev–Trinajstić information content (AvgIpc) is 2.00. The van der Waals surface area contributed by atoms with Crippen molar-refractivity contribution in [2.45, 2.75) is 59.0 Å². The Labute approximate surface area is 89.1 Å². The molecular weight excluding hydrogens is 174 g/mol. The lowest BCUT2D eigenvalue weighted by Crippen LogP contribution is -2.27. The molecule has 0 unspecified atom stereocenters. The van der Waals surface area contributed by atoms with Gasteiger partial charge in [0.2, 0.25) is 0 Å². The molecule has 2 heteroatoms. The Morgan fingerprint density at radius 2 is 1.79 bits per heavy atom. The third-order valence-electron chi connectivity index (χ3n) is 2.30. The van der Waals surface area contributed by atoms with Gasteiger partial charge in [-0.25, -0.2) is 0 Å². The van der Waals surface area contributed by atoms with E-state index in [9.17, 15) is 5.11 Å². The van der Waals surface area contributed by atoms with Gasteiger partial charge in [0.1, 0.15) is 0 Å². The molecule has 0 spiro atoms. The van der Waals surface area contributed by atoms with Crippen molar-refractivity contribution >= 4 is 0 Å². The van der Waals surface area contributed by atoms with E-state index >= 15 is 0 Å². The number of aliphatic hydroxyl groups is 1. The van der Waals surface area contributed by atoms with Gasteiger partial charge in [0.25, 0.3) is 0 Å². The molecule has 0 fully saturated rings. The molecule has 0 amide bonds. The molecule has 0 aromatic heterocycles. The quantitative estimate of drug-likeness (QED) is 0.592.